The summed E-state index contributed by atoms with van der Waals surface area (Å²) in [5.41, 5.74) is 54.8. The monoisotopic (exact) mass is 907 g/mol. The minimum Gasteiger partial charge on any atom is -0.382 e. The summed E-state index contributed by atoms with van der Waals surface area (Å²) in [5, 5.41) is 18.9. The maximum Gasteiger partial charge on any atom is 0.274 e. The lowest BCUT2D eigenvalue weighted by molar-refractivity contribution is -0.130. The van der Waals surface area contributed by atoms with Gasteiger partial charge in [-0.25, -0.2) is 9.97 Å². The molecular weight excluding hydrogens is 837 g/mol. The molecule has 1 aromatic rings. The Labute approximate surface area is 371 Å². The van der Waals surface area contributed by atoms with Crippen LogP contribution in [-0.4, -0.2) is 146 Å². The van der Waals surface area contributed by atoms with Gasteiger partial charge >= 0.3 is 0 Å². The van der Waals surface area contributed by atoms with Crippen molar-refractivity contribution in [3.8, 4) is 0 Å². The van der Waals surface area contributed by atoms with Gasteiger partial charge in [-0.1, -0.05) is 13.8 Å². The van der Waals surface area contributed by atoms with E-state index in [1.807, 2.05) is 13.8 Å². The highest BCUT2D eigenvalue weighted by atomic mass is 16.2. The molecule has 0 saturated carbocycles. The van der Waals surface area contributed by atoms with E-state index in [9.17, 15) is 28.8 Å². The largest absolute Gasteiger partial charge is 0.382 e. The second kappa shape index (κ2) is 30.3. The molecule has 1 rings (SSSR count). The van der Waals surface area contributed by atoms with E-state index in [2.05, 4.69) is 62.2 Å². The third kappa shape index (κ3) is 22.3. The summed E-state index contributed by atoms with van der Waals surface area (Å²) < 4.78 is 0. The van der Waals surface area contributed by atoms with Crippen LogP contribution in [-0.2, 0) is 19.2 Å². The second-order valence-corrected chi connectivity index (χ2v) is 14.6. The molecule has 360 valence electrons. The van der Waals surface area contributed by atoms with Crippen LogP contribution in [0.15, 0.2) is 15.0 Å². The third-order valence-corrected chi connectivity index (χ3v) is 8.83. The highest BCUT2D eigenvalue weighted by Gasteiger charge is 2.31. The number of nitrogens with two attached hydrogens (primary N) is 10. The predicted molar refractivity (Wildman–Crippen MR) is 243 cm³/mol. The van der Waals surface area contributed by atoms with Crippen molar-refractivity contribution in [2.24, 2.45) is 60.8 Å². The van der Waals surface area contributed by atoms with Crippen LogP contribution in [0.1, 0.15) is 86.2 Å². The number of carbonyl (C=O) groups is 6. The fourth-order valence-corrected chi connectivity index (χ4v) is 5.71. The summed E-state index contributed by atoms with van der Waals surface area (Å²) in [6, 6.07) is -4.47. The zero-order valence-corrected chi connectivity index (χ0v) is 36.7. The van der Waals surface area contributed by atoms with Crippen LogP contribution in [0.25, 0.3) is 0 Å². The molecule has 1 heterocycles. The number of aliphatic imine (C=N–C) groups is 3. The molecule has 6 amide bonds. The Balaban J connectivity index is 3.41. The van der Waals surface area contributed by atoms with Crippen LogP contribution in [0.4, 0.5) is 11.6 Å². The molecule has 0 saturated heterocycles. The molecule has 1 aromatic heterocycles. The van der Waals surface area contributed by atoms with E-state index in [4.69, 9.17) is 57.3 Å². The van der Waals surface area contributed by atoms with Crippen molar-refractivity contribution >= 4 is 65.0 Å². The van der Waals surface area contributed by atoms with E-state index in [0.29, 0.717) is 25.8 Å². The molecule has 0 spiro atoms. The minimum atomic E-state index is -1.30. The number of nitrogens with one attached hydrogen (secondary N) is 7. The zero-order chi connectivity index (χ0) is 48.2. The summed E-state index contributed by atoms with van der Waals surface area (Å²) in [6.45, 7) is 5.42. The van der Waals surface area contributed by atoms with Crippen molar-refractivity contribution in [3.63, 3.8) is 0 Å². The van der Waals surface area contributed by atoms with Crippen molar-refractivity contribution in [1.29, 1.82) is 0 Å². The second-order valence-electron chi connectivity index (χ2n) is 14.6. The van der Waals surface area contributed by atoms with E-state index in [1.165, 1.54) is 0 Å². The molecule has 64 heavy (non-hydrogen) atoms. The fraction of sp³-hybridized carbons (Fsp3) is 0.639. The van der Waals surface area contributed by atoms with Crippen LogP contribution in [0.2, 0.25) is 0 Å². The third-order valence-electron chi connectivity index (χ3n) is 8.83. The summed E-state index contributed by atoms with van der Waals surface area (Å²) in [4.78, 5) is 101. The molecule has 0 aliphatic heterocycles. The molecule has 28 heteroatoms. The van der Waals surface area contributed by atoms with E-state index in [-0.39, 0.29) is 102 Å². The van der Waals surface area contributed by atoms with Gasteiger partial charge in [-0.15, -0.1) is 0 Å². The number of nitrogen functional groups attached to an aromatic ring is 2. The summed E-state index contributed by atoms with van der Waals surface area (Å²) in [7, 11) is 0. The Hall–Kier alpha value is -6.81. The number of aromatic nitrogens is 2. The quantitative estimate of drug-likeness (QED) is 0.0187. The number of amides is 6. The molecule has 0 fully saturated rings. The van der Waals surface area contributed by atoms with Crippen LogP contribution in [0.5, 0.6) is 0 Å². The number of hydrogen-bond acceptors (Lipinski definition) is 16. The first-order valence-electron chi connectivity index (χ1n) is 20.8. The summed E-state index contributed by atoms with van der Waals surface area (Å²) >= 11 is 0. The predicted octanol–water partition coefficient (Wildman–Crippen LogP) is -7.10. The number of hydrogen-bond donors (Lipinski definition) is 17. The van der Waals surface area contributed by atoms with Gasteiger partial charge in [0.15, 0.2) is 40.9 Å². The molecular formula is C36H70N22O6. The number of guanidine groups is 3. The molecule has 0 aromatic carbocycles. The lowest BCUT2D eigenvalue weighted by atomic mass is 10.1. The minimum absolute atomic E-state index is 0.0231. The van der Waals surface area contributed by atoms with Gasteiger partial charge in [-0.3, -0.25) is 43.7 Å². The average molecular weight is 907 g/mol. The Morgan fingerprint density at radius 2 is 0.828 bits per heavy atom. The van der Waals surface area contributed by atoms with Crippen LogP contribution < -0.4 is 94.6 Å². The van der Waals surface area contributed by atoms with Gasteiger partial charge in [-0.05, 0) is 57.9 Å². The number of anilines is 2. The van der Waals surface area contributed by atoms with Gasteiger partial charge in [0.2, 0.25) is 23.6 Å². The van der Waals surface area contributed by atoms with Gasteiger partial charge in [0.1, 0.15) is 24.2 Å². The highest BCUT2D eigenvalue weighted by molar-refractivity contribution is 6.03. The van der Waals surface area contributed by atoms with Crippen LogP contribution in [0, 0.1) is 0 Å². The highest BCUT2D eigenvalue weighted by Crippen LogP contribution is 2.15. The first kappa shape index (κ1) is 55.2. The average Bonchev–Trinajstić information content (AvgIpc) is 3.23. The Bertz CT molecular complexity index is 1760. The zero-order valence-electron chi connectivity index (χ0n) is 36.7. The molecule has 0 radical (unpaired) electrons. The molecule has 0 aliphatic rings. The van der Waals surface area contributed by atoms with Crippen molar-refractivity contribution in [2.45, 2.75) is 95.4 Å². The maximum atomic E-state index is 13.7. The normalized spacial score (nSPS) is 12.6. The molecule has 0 bridgehead atoms. The maximum absolute atomic E-state index is 13.7. The molecule has 28 nitrogen and oxygen atoms in total. The van der Waals surface area contributed by atoms with Gasteiger partial charge in [0, 0.05) is 51.9 Å². The molecule has 4 atom stereocenters. The topological polar surface area (TPSA) is 510 Å². The smallest absolute Gasteiger partial charge is 0.274 e. The first-order valence-corrected chi connectivity index (χ1v) is 20.8. The van der Waals surface area contributed by atoms with E-state index in [0.717, 1.165) is 0 Å². The molecule has 4 unspecified atom stereocenters. The van der Waals surface area contributed by atoms with Gasteiger partial charge in [0.25, 0.3) is 11.8 Å². The number of carbonyl (C=O) groups excluding carboxylic acids is 6. The Kier molecular flexibility index (Phi) is 26.1. The molecule has 27 N–H and O–H groups in total. The standard InChI is InChI=1S/C36H70N22O6/c1-19(2)47-13-3-9-22(30(61)53-20(28(59)48-17-11-37)7-4-14-50-34(41)42)55-32(63)24-26(39)58-25(27(40)57-24)33(64)56-23(10-6-16-52-36(45)46)31(62)54-21(29(60)49-18-12-38)8-5-15-51-35(43)44/h19-23,47H,3-18,37-38H2,1-2H3,(H2,39,58)(H2,40,57)(H,48,59)(H,49,60)(H,53,61)(H,54,62)(H,55,63)(H,56,64)(H4,41,42,50)(H4,43,44,51)(H4,45,46,52). The van der Waals surface area contributed by atoms with Crippen molar-refractivity contribution in [3.05, 3.63) is 11.4 Å². The first-order chi connectivity index (χ1) is 30.3. The molecule has 0 aliphatic carbocycles. The fourth-order valence-electron chi connectivity index (χ4n) is 5.71. The van der Waals surface area contributed by atoms with Crippen LogP contribution >= 0.6 is 0 Å². The van der Waals surface area contributed by atoms with Crippen molar-refractivity contribution < 1.29 is 28.8 Å². The van der Waals surface area contributed by atoms with E-state index >= 15 is 0 Å². The lowest BCUT2D eigenvalue weighted by Gasteiger charge is -2.24. The van der Waals surface area contributed by atoms with Gasteiger partial charge in [0.05, 0.1) is 0 Å². The van der Waals surface area contributed by atoms with Crippen LogP contribution in [0.3, 0.4) is 0 Å². The van der Waals surface area contributed by atoms with Crippen molar-refractivity contribution in [2.75, 3.05) is 63.8 Å². The van der Waals surface area contributed by atoms with Gasteiger partial charge < -0.3 is 94.6 Å². The summed E-state index contributed by atoms with van der Waals surface area (Å²) in [6.07, 6.45) is 1.62. The Morgan fingerprint density at radius 3 is 1.14 bits per heavy atom. The lowest BCUT2D eigenvalue weighted by Crippen LogP contribution is -2.54. The van der Waals surface area contributed by atoms with Gasteiger partial charge in [-0.2, -0.15) is 0 Å². The summed E-state index contributed by atoms with van der Waals surface area (Å²) in [5.74, 6) is -6.02. The SMILES string of the molecule is CC(C)NCCCC(NC(=O)c1nc(N)c(C(=O)NC(CCCN=C(N)N)C(=O)NC(CCCN=C(N)N)C(=O)NCCN)nc1N)C(=O)NC(CCCN=C(N)N)C(=O)NCCN. The van der Waals surface area contributed by atoms with E-state index < -0.39 is 82.6 Å². The Morgan fingerprint density at radius 1 is 0.500 bits per heavy atom. The number of nitrogens with zero attached hydrogens (tertiary/aromatic N) is 5. The van der Waals surface area contributed by atoms with E-state index in [1.54, 1.807) is 0 Å². The van der Waals surface area contributed by atoms with Crippen molar-refractivity contribution in [1.82, 2.24) is 47.2 Å². The number of rotatable bonds is 31.